The molecule has 0 unspecified atom stereocenters. The first-order chi connectivity index (χ1) is 9.33. The number of rotatable bonds is 4. The molecule has 1 aromatic heterocycles. The molecule has 2 nitrogen and oxygen atoms in total. The predicted molar refractivity (Wildman–Crippen MR) is 78.5 cm³/mol. The molecule has 0 saturated heterocycles. The molecule has 3 heteroatoms. The maximum absolute atomic E-state index is 12.1. The van der Waals surface area contributed by atoms with Gasteiger partial charge < -0.3 is 0 Å². The van der Waals surface area contributed by atoms with Gasteiger partial charge in [-0.2, -0.15) is 0 Å². The second-order valence-corrected chi connectivity index (χ2v) is 5.47. The number of nitrogens with zero attached hydrogens (tertiary/aromatic N) is 1. The molecule has 19 heavy (non-hydrogen) atoms. The zero-order valence-electron chi connectivity index (χ0n) is 10.4. The molecular weight excluding hydrogens is 254 g/mol. The lowest BCUT2D eigenvalue weighted by Crippen LogP contribution is -2.05. The Morgan fingerprint density at radius 1 is 1.05 bits per heavy atom. The Bertz CT molecular complexity index is 698. The van der Waals surface area contributed by atoms with Crippen molar-refractivity contribution in [1.82, 2.24) is 4.98 Å². The van der Waals surface area contributed by atoms with Crippen LogP contribution < -0.4 is 0 Å². The molecule has 0 spiro atoms. The first-order valence-electron chi connectivity index (χ1n) is 6.18. The highest BCUT2D eigenvalue weighted by molar-refractivity contribution is 7.09. The van der Waals surface area contributed by atoms with E-state index < -0.39 is 0 Å². The molecule has 3 rings (SSSR count). The normalized spacial score (nSPS) is 10.7. The Morgan fingerprint density at radius 2 is 1.89 bits per heavy atom. The van der Waals surface area contributed by atoms with Crippen LogP contribution in [0.2, 0.25) is 0 Å². The van der Waals surface area contributed by atoms with Crippen LogP contribution in [-0.2, 0) is 17.6 Å². The molecule has 0 saturated carbocycles. The molecule has 1 heterocycles. The Labute approximate surface area is 115 Å². The maximum Gasteiger partial charge on any atom is 0.142 e. The Kier molecular flexibility index (Phi) is 3.38. The second-order valence-electron chi connectivity index (χ2n) is 4.50. The van der Waals surface area contributed by atoms with Crippen molar-refractivity contribution in [3.05, 3.63) is 64.6 Å². The van der Waals surface area contributed by atoms with E-state index >= 15 is 0 Å². The van der Waals surface area contributed by atoms with Crippen LogP contribution in [-0.4, -0.2) is 10.8 Å². The van der Waals surface area contributed by atoms with E-state index in [0.717, 1.165) is 10.4 Å². The molecule has 0 aliphatic heterocycles. The summed E-state index contributed by atoms with van der Waals surface area (Å²) in [5.74, 6) is 0.237. The highest BCUT2D eigenvalue weighted by atomic mass is 32.1. The average molecular weight is 267 g/mol. The van der Waals surface area contributed by atoms with E-state index in [1.807, 2.05) is 24.3 Å². The molecule has 2 aromatic carbocycles. The fraction of sp³-hybridized carbons (Fsp3) is 0.125. The fourth-order valence-corrected chi connectivity index (χ4v) is 2.87. The van der Waals surface area contributed by atoms with Gasteiger partial charge in [-0.3, -0.25) is 9.78 Å². The molecule has 0 aliphatic carbocycles. The summed E-state index contributed by atoms with van der Waals surface area (Å²) in [4.78, 5) is 17.1. The predicted octanol–water partition coefficient (Wildman–Crippen LogP) is 3.65. The molecule has 3 aromatic rings. The Balaban J connectivity index is 1.83. The summed E-state index contributed by atoms with van der Waals surface area (Å²) in [6.07, 6.45) is 2.73. The van der Waals surface area contributed by atoms with E-state index in [1.165, 1.54) is 22.1 Å². The quantitative estimate of drug-likeness (QED) is 0.722. The first-order valence-corrected chi connectivity index (χ1v) is 7.06. The van der Waals surface area contributed by atoms with Crippen LogP contribution in [0.1, 0.15) is 10.4 Å². The molecule has 0 fully saturated rings. The minimum absolute atomic E-state index is 0.237. The summed E-state index contributed by atoms with van der Waals surface area (Å²) in [7, 11) is 0. The van der Waals surface area contributed by atoms with Gasteiger partial charge in [0.25, 0.3) is 0 Å². The van der Waals surface area contributed by atoms with Crippen molar-refractivity contribution in [3.63, 3.8) is 0 Å². The van der Waals surface area contributed by atoms with E-state index in [9.17, 15) is 4.79 Å². The van der Waals surface area contributed by atoms with Gasteiger partial charge in [0, 0.05) is 23.9 Å². The summed E-state index contributed by atoms with van der Waals surface area (Å²) >= 11 is 1.53. The van der Waals surface area contributed by atoms with E-state index in [2.05, 4.69) is 23.2 Å². The van der Waals surface area contributed by atoms with Gasteiger partial charge in [0.15, 0.2) is 0 Å². The summed E-state index contributed by atoms with van der Waals surface area (Å²) < 4.78 is 0. The molecule has 0 aliphatic rings. The van der Waals surface area contributed by atoms with Crippen molar-refractivity contribution in [2.75, 3.05) is 0 Å². The number of hydrogen-bond donors (Lipinski definition) is 0. The van der Waals surface area contributed by atoms with Crippen LogP contribution in [0, 0.1) is 0 Å². The first kappa shape index (κ1) is 12.1. The van der Waals surface area contributed by atoms with Gasteiger partial charge in [-0.15, -0.1) is 11.3 Å². The number of aromatic nitrogens is 1. The van der Waals surface area contributed by atoms with Gasteiger partial charge in [-0.05, 0) is 16.3 Å². The third-order valence-electron chi connectivity index (χ3n) is 3.12. The van der Waals surface area contributed by atoms with E-state index in [1.54, 1.807) is 11.7 Å². The van der Waals surface area contributed by atoms with E-state index in [-0.39, 0.29) is 5.78 Å². The van der Waals surface area contributed by atoms with E-state index in [0.29, 0.717) is 12.8 Å². The highest BCUT2D eigenvalue weighted by Gasteiger charge is 2.08. The van der Waals surface area contributed by atoms with Crippen molar-refractivity contribution >= 4 is 27.9 Å². The minimum Gasteiger partial charge on any atom is -0.299 e. The van der Waals surface area contributed by atoms with E-state index in [4.69, 9.17) is 0 Å². The number of carbonyl (C=O) groups is 1. The van der Waals surface area contributed by atoms with Crippen molar-refractivity contribution in [3.8, 4) is 0 Å². The number of Topliss-reactive ketones (excluding diaryl/α,β-unsaturated/α-hetero) is 1. The van der Waals surface area contributed by atoms with Crippen molar-refractivity contribution < 1.29 is 4.79 Å². The molecule has 0 radical (unpaired) electrons. The monoisotopic (exact) mass is 267 g/mol. The fourth-order valence-electron chi connectivity index (χ4n) is 2.25. The van der Waals surface area contributed by atoms with Crippen molar-refractivity contribution in [1.29, 1.82) is 0 Å². The van der Waals surface area contributed by atoms with Gasteiger partial charge in [0.05, 0.1) is 5.51 Å². The zero-order valence-corrected chi connectivity index (χ0v) is 11.2. The number of fused-ring (bicyclic) bond motifs is 1. The second kappa shape index (κ2) is 5.33. The van der Waals surface area contributed by atoms with Crippen LogP contribution in [0.3, 0.4) is 0 Å². The number of ketones is 1. The third-order valence-corrected chi connectivity index (χ3v) is 3.90. The topological polar surface area (TPSA) is 30.0 Å². The SMILES string of the molecule is O=C(Cc1cncs1)Cc1cccc2ccccc12. The highest BCUT2D eigenvalue weighted by Crippen LogP contribution is 2.19. The minimum atomic E-state index is 0.237. The summed E-state index contributed by atoms with van der Waals surface area (Å²) in [6, 6.07) is 14.3. The number of carbonyl (C=O) groups excluding carboxylic acids is 1. The molecule has 0 N–H and O–H groups in total. The molecule has 0 amide bonds. The smallest absolute Gasteiger partial charge is 0.142 e. The largest absolute Gasteiger partial charge is 0.299 e. The van der Waals surface area contributed by atoms with Crippen LogP contribution in [0.4, 0.5) is 0 Å². The van der Waals surface area contributed by atoms with Crippen molar-refractivity contribution in [2.45, 2.75) is 12.8 Å². The van der Waals surface area contributed by atoms with Crippen LogP contribution in [0.15, 0.2) is 54.2 Å². The lowest BCUT2D eigenvalue weighted by molar-refractivity contribution is -0.117. The Hall–Kier alpha value is -2.00. The summed E-state index contributed by atoms with van der Waals surface area (Å²) in [5.41, 5.74) is 2.87. The zero-order chi connectivity index (χ0) is 13.1. The molecular formula is C16H13NOS. The lowest BCUT2D eigenvalue weighted by atomic mass is 9.99. The Morgan fingerprint density at radius 3 is 2.74 bits per heavy atom. The van der Waals surface area contributed by atoms with Gasteiger partial charge in [-0.1, -0.05) is 42.5 Å². The summed E-state index contributed by atoms with van der Waals surface area (Å²) in [6.45, 7) is 0. The van der Waals surface area contributed by atoms with Gasteiger partial charge in [0.1, 0.15) is 5.78 Å². The molecule has 94 valence electrons. The number of thiazole rings is 1. The van der Waals surface area contributed by atoms with Gasteiger partial charge >= 0.3 is 0 Å². The standard InChI is InChI=1S/C16H13NOS/c18-14(9-15-10-17-11-19-15)8-13-6-3-5-12-4-1-2-7-16(12)13/h1-7,10-11H,8-9H2. The van der Waals surface area contributed by atoms with Crippen LogP contribution in [0.5, 0.6) is 0 Å². The van der Waals surface area contributed by atoms with Crippen LogP contribution in [0.25, 0.3) is 10.8 Å². The van der Waals surface area contributed by atoms with Gasteiger partial charge in [0.2, 0.25) is 0 Å². The molecule has 0 atom stereocenters. The number of benzene rings is 2. The molecule has 0 bridgehead atoms. The lowest BCUT2D eigenvalue weighted by Gasteiger charge is -2.05. The van der Waals surface area contributed by atoms with Crippen LogP contribution >= 0.6 is 11.3 Å². The van der Waals surface area contributed by atoms with Crippen molar-refractivity contribution in [2.24, 2.45) is 0 Å². The third kappa shape index (κ3) is 2.71. The average Bonchev–Trinajstić information content (AvgIpc) is 2.92. The van der Waals surface area contributed by atoms with Gasteiger partial charge in [-0.25, -0.2) is 0 Å². The number of hydrogen-bond acceptors (Lipinski definition) is 3. The maximum atomic E-state index is 12.1. The summed E-state index contributed by atoms with van der Waals surface area (Å²) in [5, 5.41) is 2.35.